The summed E-state index contributed by atoms with van der Waals surface area (Å²) in [5.41, 5.74) is 12.1. The third-order valence-corrected chi connectivity index (χ3v) is 7.79. The highest BCUT2D eigenvalue weighted by molar-refractivity contribution is 8.07. The van der Waals surface area contributed by atoms with Gasteiger partial charge in [0.1, 0.15) is 17.7 Å². The van der Waals surface area contributed by atoms with Crippen LogP contribution in [0.4, 0.5) is 17.1 Å². The highest BCUT2D eigenvalue weighted by Crippen LogP contribution is 2.42. The molecule has 2 N–H and O–H groups in total. The maximum Gasteiger partial charge on any atom is 0.146 e. The molecule has 0 saturated carbocycles. The van der Waals surface area contributed by atoms with Crippen LogP contribution in [0, 0.1) is 0 Å². The normalized spacial score (nSPS) is 18.0. The number of benzene rings is 2. The van der Waals surface area contributed by atoms with Crippen LogP contribution >= 0.6 is 11.8 Å². The number of hydrogen-bond donors (Lipinski definition) is 2. The Morgan fingerprint density at radius 1 is 1.13 bits per heavy atom. The molecular formula is C29H33N7O2S. The minimum Gasteiger partial charge on any atom is -0.494 e. The van der Waals surface area contributed by atoms with Gasteiger partial charge in [0.05, 0.1) is 34.8 Å². The van der Waals surface area contributed by atoms with Gasteiger partial charge in [-0.25, -0.2) is 4.99 Å². The Bertz CT molecular complexity index is 1480. The minimum atomic E-state index is 0.676. The molecule has 1 aromatic heterocycles. The van der Waals surface area contributed by atoms with Gasteiger partial charge in [0.2, 0.25) is 0 Å². The molecule has 3 aromatic rings. The number of likely N-dealkylation sites (N-methyl/N-ethyl adjacent to an activating group) is 1. The van der Waals surface area contributed by atoms with E-state index in [1.807, 2.05) is 42.8 Å². The number of fused-ring (bicyclic) bond motifs is 1. The second kappa shape index (κ2) is 11.8. The van der Waals surface area contributed by atoms with E-state index in [4.69, 9.17) is 14.6 Å². The number of hydrazine groups is 1. The average Bonchev–Trinajstić information content (AvgIpc) is 3.54. The largest absolute Gasteiger partial charge is 0.494 e. The summed E-state index contributed by atoms with van der Waals surface area (Å²) >= 11 is 1.59. The molecule has 202 valence electrons. The molecular weight excluding hydrogens is 510 g/mol. The molecule has 3 heterocycles. The van der Waals surface area contributed by atoms with Gasteiger partial charge in [-0.1, -0.05) is 42.1 Å². The van der Waals surface area contributed by atoms with Gasteiger partial charge in [-0.15, -0.1) is 0 Å². The van der Waals surface area contributed by atoms with Crippen LogP contribution in [0.25, 0.3) is 16.6 Å². The number of nitrogens with zero attached hydrogens (tertiary/aromatic N) is 5. The summed E-state index contributed by atoms with van der Waals surface area (Å²) in [6, 6.07) is 12.3. The highest BCUT2D eigenvalue weighted by Gasteiger charge is 2.23. The zero-order valence-electron chi connectivity index (χ0n) is 22.5. The zero-order valence-corrected chi connectivity index (χ0v) is 23.3. The van der Waals surface area contributed by atoms with E-state index in [1.54, 1.807) is 18.9 Å². The van der Waals surface area contributed by atoms with Crippen molar-refractivity contribution in [2.45, 2.75) is 0 Å². The first-order chi connectivity index (χ1) is 19.0. The highest BCUT2D eigenvalue weighted by atomic mass is 32.2. The number of aliphatic imine (C=N–C) groups is 2. The molecule has 0 atom stereocenters. The topological polar surface area (TPSA) is 78.6 Å². The molecule has 1 saturated heterocycles. The maximum absolute atomic E-state index is 5.83. The van der Waals surface area contributed by atoms with Crippen molar-refractivity contribution in [3.63, 3.8) is 0 Å². The first-order valence-electron chi connectivity index (χ1n) is 12.6. The van der Waals surface area contributed by atoms with Gasteiger partial charge in [-0.3, -0.25) is 10.4 Å². The molecule has 0 radical (unpaired) electrons. The lowest BCUT2D eigenvalue weighted by Gasteiger charge is -2.35. The number of methoxy groups -OCH3 is 1. The lowest BCUT2D eigenvalue weighted by Crippen LogP contribution is -2.44. The quantitative estimate of drug-likeness (QED) is 0.163. The smallest absolute Gasteiger partial charge is 0.146 e. The van der Waals surface area contributed by atoms with Gasteiger partial charge in [-0.2, -0.15) is 0 Å². The second-order valence-corrected chi connectivity index (χ2v) is 10.2. The van der Waals surface area contributed by atoms with Gasteiger partial charge in [0.15, 0.2) is 0 Å². The van der Waals surface area contributed by atoms with Crippen molar-refractivity contribution in [1.82, 2.24) is 15.1 Å². The number of thioether (sulfide) groups is 1. The molecule has 1 fully saturated rings. The lowest BCUT2D eigenvalue weighted by atomic mass is 10.1. The molecule has 2 aromatic carbocycles. The standard InChI is InChI=1S/C29H33N7O2S/c1-6-38-33-32-23-17-24(27(37-5)18-26(23)36-14-12-34(3)13-15-36)31-22-11-16-39-29(22)28(30-2)21-19-35(4)25-10-8-7-9-20(21)25/h6-11,16-19,32-33H,1-2,12-15H2,3-5H3/b29-28+,31-22?. The zero-order chi connectivity index (χ0) is 27.4. The van der Waals surface area contributed by atoms with E-state index in [2.05, 4.69) is 69.0 Å². The molecule has 10 heteroatoms. The number of para-hydroxylation sites is 1. The van der Waals surface area contributed by atoms with Gasteiger partial charge in [-0.05, 0) is 37.4 Å². The number of piperazine rings is 1. The van der Waals surface area contributed by atoms with E-state index in [1.165, 1.54) is 6.26 Å². The van der Waals surface area contributed by atoms with Crippen LogP contribution in [-0.4, -0.2) is 62.2 Å². The van der Waals surface area contributed by atoms with Crippen LogP contribution in [0.15, 0.2) is 81.8 Å². The molecule has 39 heavy (non-hydrogen) atoms. The van der Waals surface area contributed by atoms with E-state index in [0.29, 0.717) is 11.4 Å². The van der Waals surface area contributed by atoms with Crippen LogP contribution in [0.3, 0.4) is 0 Å². The fourth-order valence-electron chi connectivity index (χ4n) is 4.85. The molecule has 0 aliphatic carbocycles. The summed E-state index contributed by atoms with van der Waals surface area (Å²) < 4.78 is 7.94. The first kappa shape index (κ1) is 26.6. The van der Waals surface area contributed by atoms with Crippen molar-refractivity contribution >= 4 is 57.9 Å². The number of rotatable bonds is 9. The first-order valence-corrected chi connectivity index (χ1v) is 13.5. The third kappa shape index (κ3) is 5.44. The minimum absolute atomic E-state index is 0.676. The molecule has 2 aliphatic heterocycles. The van der Waals surface area contributed by atoms with E-state index >= 15 is 0 Å². The Morgan fingerprint density at radius 3 is 2.67 bits per heavy atom. The fraction of sp³-hybridized carbons (Fsp3) is 0.241. The summed E-state index contributed by atoms with van der Waals surface area (Å²) in [5, 5.41) is 3.14. The Balaban J connectivity index is 1.59. The molecule has 5 rings (SSSR count). The Hall–Kier alpha value is -3.99. The van der Waals surface area contributed by atoms with Crippen LogP contribution in [-0.2, 0) is 11.9 Å². The van der Waals surface area contributed by atoms with E-state index < -0.39 is 0 Å². The van der Waals surface area contributed by atoms with Gasteiger partial charge < -0.3 is 23.9 Å². The van der Waals surface area contributed by atoms with E-state index in [9.17, 15) is 0 Å². The number of aromatic nitrogens is 1. The SMILES string of the molecule is C=CONNc1cc(N=C2C=CS/C2=C(/N=C)c2cn(C)c3ccccc23)c(OC)cc1N1CCN(C)CC1. The van der Waals surface area contributed by atoms with Crippen molar-refractivity contribution in [2.24, 2.45) is 17.0 Å². The number of allylic oxidation sites excluding steroid dienone is 2. The monoisotopic (exact) mass is 543 g/mol. The summed E-state index contributed by atoms with van der Waals surface area (Å²) in [6.45, 7) is 11.3. The average molecular weight is 544 g/mol. The lowest BCUT2D eigenvalue weighted by molar-refractivity contribution is 0.158. The molecule has 0 bridgehead atoms. The van der Waals surface area contributed by atoms with Crippen LogP contribution in [0.5, 0.6) is 5.75 Å². The van der Waals surface area contributed by atoms with Crippen molar-refractivity contribution < 1.29 is 9.57 Å². The molecule has 0 amide bonds. The van der Waals surface area contributed by atoms with Crippen molar-refractivity contribution in [1.29, 1.82) is 0 Å². The number of aryl methyl sites for hydroxylation is 1. The van der Waals surface area contributed by atoms with Crippen LogP contribution < -0.4 is 20.7 Å². The molecule has 0 spiro atoms. The maximum atomic E-state index is 5.83. The molecule has 9 nitrogen and oxygen atoms in total. The second-order valence-electron chi connectivity index (χ2n) is 9.27. The van der Waals surface area contributed by atoms with Crippen molar-refractivity contribution in [3.05, 3.63) is 77.4 Å². The van der Waals surface area contributed by atoms with Crippen molar-refractivity contribution in [3.8, 4) is 5.75 Å². The Labute approximate surface area is 233 Å². The Kier molecular flexibility index (Phi) is 8.06. The summed E-state index contributed by atoms with van der Waals surface area (Å²) in [5.74, 6) is 0.676. The van der Waals surface area contributed by atoms with Gasteiger partial charge >= 0.3 is 0 Å². The predicted molar refractivity (Wildman–Crippen MR) is 164 cm³/mol. The summed E-state index contributed by atoms with van der Waals surface area (Å²) in [4.78, 5) is 20.3. The summed E-state index contributed by atoms with van der Waals surface area (Å²) in [6.07, 6.45) is 5.41. The van der Waals surface area contributed by atoms with Gasteiger partial charge in [0.25, 0.3) is 0 Å². The van der Waals surface area contributed by atoms with Crippen LogP contribution in [0.2, 0.25) is 0 Å². The van der Waals surface area contributed by atoms with E-state index in [0.717, 1.165) is 70.3 Å². The van der Waals surface area contributed by atoms with Crippen LogP contribution in [0.1, 0.15) is 5.56 Å². The molecule has 2 aliphatic rings. The number of anilines is 2. The Morgan fingerprint density at radius 2 is 1.92 bits per heavy atom. The predicted octanol–water partition coefficient (Wildman–Crippen LogP) is 5.33. The van der Waals surface area contributed by atoms with Gasteiger partial charge in [0, 0.05) is 62.0 Å². The number of hydrogen-bond acceptors (Lipinski definition) is 9. The van der Waals surface area contributed by atoms with E-state index in [-0.39, 0.29) is 0 Å². The summed E-state index contributed by atoms with van der Waals surface area (Å²) in [7, 11) is 5.85. The third-order valence-electron chi connectivity index (χ3n) is 6.88. The number of nitrogens with one attached hydrogen (secondary N) is 2. The number of ether oxygens (including phenoxy) is 1. The fourth-order valence-corrected chi connectivity index (χ4v) is 5.70. The molecule has 0 unspecified atom stereocenters. The van der Waals surface area contributed by atoms with Crippen molar-refractivity contribution in [2.75, 3.05) is 50.7 Å².